The lowest BCUT2D eigenvalue weighted by Crippen LogP contribution is -2.20. The highest BCUT2D eigenvalue weighted by atomic mass is 79.9. The summed E-state index contributed by atoms with van der Waals surface area (Å²) in [7, 11) is 0. The molecular formula is C25H24BrNO5. The van der Waals surface area contributed by atoms with Gasteiger partial charge in [-0.2, -0.15) is 0 Å². The molecule has 0 radical (unpaired) electrons. The summed E-state index contributed by atoms with van der Waals surface area (Å²) >= 11 is 3.50. The molecule has 0 aliphatic rings. The molecule has 0 aliphatic heterocycles. The Bertz CT molecular complexity index is 1060. The van der Waals surface area contributed by atoms with Crippen molar-refractivity contribution in [3.63, 3.8) is 0 Å². The van der Waals surface area contributed by atoms with E-state index in [4.69, 9.17) is 14.2 Å². The monoisotopic (exact) mass is 497 g/mol. The first-order valence-corrected chi connectivity index (χ1v) is 11.0. The third kappa shape index (κ3) is 6.93. The van der Waals surface area contributed by atoms with Crippen LogP contribution in [0.2, 0.25) is 0 Å². The zero-order valence-corrected chi connectivity index (χ0v) is 19.3. The Kier molecular flexibility index (Phi) is 8.83. The van der Waals surface area contributed by atoms with E-state index in [-0.39, 0.29) is 19.1 Å². The maximum Gasteiger partial charge on any atom is 0.338 e. The molecule has 0 spiro atoms. The van der Waals surface area contributed by atoms with Crippen LogP contribution in [0.25, 0.3) is 11.1 Å². The average Bonchev–Trinajstić information content (AvgIpc) is 2.81. The van der Waals surface area contributed by atoms with Crippen molar-refractivity contribution in [1.82, 2.24) is 0 Å². The van der Waals surface area contributed by atoms with Gasteiger partial charge in [-0.1, -0.05) is 42.5 Å². The highest BCUT2D eigenvalue weighted by Gasteiger charge is 2.11. The van der Waals surface area contributed by atoms with Gasteiger partial charge in [0, 0.05) is 12.3 Å². The minimum Gasteiger partial charge on any atom is -0.483 e. The number of hydrogen-bond donors (Lipinski definition) is 1. The molecule has 0 fully saturated rings. The Balaban J connectivity index is 1.53. The molecule has 0 bridgehead atoms. The van der Waals surface area contributed by atoms with Gasteiger partial charge in [0.1, 0.15) is 12.4 Å². The zero-order chi connectivity index (χ0) is 22.8. The summed E-state index contributed by atoms with van der Waals surface area (Å²) in [6.45, 7) is 2.78. The lowest BCUT2D eigenvalue weighted by Gasteiger charge is -2.11. The van der Waals surface area contributed by atoms with Gasteiger partial charge in [0.15, 0.2) is 6.61 Å². The first-order valence-electron chi connectivity index (χ1n) is 10.2. The third-order valence-electron chi connectivity index (χ3n) is 4.44. The summed E-state index contributed by atoms with van der Waals surface area (Å²) in [6.07, 6.45) is 0. The van der Waals surface area contributed by atoms with Crippen molar-refractivity contribution >= 4 is 33.5 Å². The van der Waals surface area contributed by atoms with E-state index >= 15 is 0 Å². The van der Waals surface area contributed by atoms with E-state index in [1.54, 1.807) is 24.3 Å². The normalized spacial score (nSPS) is 10.4. The Morgan fingerprint density at radius 2 is 1.72 bits per heavy atom. The smallest absolute Gasteiger partial charge is 0.338 e. The van der Waals surface area contributed by atoms with E-state index in [2.05, 4.69) is 21.2 Å². The minimum absolute atomic E-state index is 0.174. The van der Waals surface area contributed by atoms with Crippen molar-refractivity contribution in [2.45, 2.75) is 6.92 Å². The van der Waals surface area contributed by atoms with E-state index < -0.39 is 5.97 Å². The van der Waals surface area contributed by atoms with Gasteiger partial charge in [-0.25, -0.2) is 4.79 Å². The van der Waals surface area contributed by atoms with Crippen LogP contribution in [-0.2, 0) is 14.3 Å². The molecule has 0 atom stereocenters. The molecule has 3 aromatic rings. The van der Waals surface area contributed by atoms with Crippen LogP contribution in [0.1, 0.15) is 17.3 Å². The van der Waals surface area contributed by atoms with Crippen LogP contribution in [0, 0.1) is 0 Å². The summed E-state index contributed by atoms with van der Waals surface area (Å²) < 4.78 is 16.7. The summed E-state index contributed by atoms with van der Waals surface area (Å²) in [5.74, 6) is -0.253. The molecule has 0 saturated carbocycles. The summed E-state index contributed by atoms with van der Waals surface area (Å²) in [6, 6.07) is 22.2. The molecule has 166 valence electrons. The van der Waals surface area contributed by atoms with Crippen LogP contribution in [-0.4, -0.2) is 38.3 Å². The Labute approximate surface area is 195 Å². The highest BCUT2D eigenvalue weighted by molar-refractivity contribution is 9.10. The molecule has 32 heavy (non-hydrogen) atoms. The predicted octanol–water partition coefficient (Wildman–Crippen LogP) is 5.33. The lowest BCUT2D eigenvalue weighted by atomic mass is 10.1. The molecule has 0 unspecified atom stereocenters. The van der Waals surface area contributed by atoms with Crippen LogP contribution in [0.4, 0.5) is 5.69 Å². The molecule has 1 N–H and O–H groups in total. The minimum atomic E-state index is -0.473. The molecular weight excluding hydrogens is 474 g/mol. The number of anilines is 1. The largest absolute Gasteiger partial charge is 0.483 e. The van der Waals surface area contributed by atoms with Crippen molar-refractivity contribution in [2.24, 2.45) is 0 Å². The quantitative estimate of drug-likeness (QED) is 0.302. The Morgan fingerprint density at radius 1 is 0.906 bits per heavy atom. The van der Waals surface area contributed by atoms with Gasteiger partial charge in [-0.15, -0.1) is 0 Å². The number of halogens is 1. The Morgan fingerprint density at radius 3 is 2.47 bits per heavy atom. The molecule has 0 heterocycles. The number of carbonyl (C=O) groups excluding carboxylic acids is 2. The van der Waals surface area contributed by atoms with E-state index in [1.165, 1.54) is 0 Å². The van der Waals surface area contributed by atoms with Crippen LogP contribution >= 0.6 is 15.9 Å². The summed E-state index contributed by atoms with van der Waals surface area (Å²) in [5, 5.41) is 2.73. The van der Waals surface area contributed by atoms with Crippen LogP contribution in [0.5, 0.6) is 5.75 Å². The van der Waals surface area contributed by atoms with E-state index in [9.17, 15) is 9.59 Å². The second kappa shape index (κ2) is 12.0. The zero-order valence-electron chi connectivity index (χ0n) is 17.7. The maximum absolute atomic E-state index is 12.3. The van der Waals surface area contributed by atoms with Crippen molar-refractivity contribution < 1.29 is 23.8 Å². The number of esters is 1. The topological polar surface area (TPSA) is 73.9 Å². The molecule has 0 saturated heterocycles. The van der Waals surface area contributed by atoms with Gasteiger partial charge < -0.3 is 19.5 Å². The van der Waals surface area contributed by atoms with E-state index in [0.29, 0.717) is 30.2 Å². The van der Waals surface area contributed by atoms with E-state index in [0.717, 1.165) is 15.6 Å². The average molecular weight is 498 g/mol. The fourth-order valence-corrected chi connectivity index (χ4v) is 3.41. The highest BCUT2D eigenvalue weighted by Crippen LogP contribution is 2.30. The first-order chi connectivity index (χ1) is 15.6. The SMILES string of the molecule is CCOCCOC(=O)c1cccc(NC(=O)COc2ccc(-c3ccccc3)cc2Br)c1. The second-order valence-corrected chi connectivity index (χ2v) is 7.62. The van der Waals surface area contributed by atoms with Gasteiger partial charge in [0.05, 0.1) is 16.6 Å². The third-order valence-corrected chi connectivity index (χ3v) is 5.06. The first kappa shape index (κ1) is 23.5. The molecule has 0 aliphatic carbocycles. The molecule has 3 rings (SSSR count). The number of benzene rings is 3. The van der Waals surface area contributed by atoms with Gasteiger partial charge in [-0.3, -0.25) is 4.79 Å². The number of amides is 1. The van der Waals surface area contributed by atoms with Gasteiger partial charge in [0.25, 0.3) is 5.91 Å². The van der Waals surface area contributed by atoms with Crippen molar-refractivity contribution in [2.75, 3.05) is 31.7 Å². The summed E-state index contributed by atoms with van der Waals surface area (Å²) in [4.78, 5) is 24.4. The van der Waals surface area contributed by atoms with Crippen LogP contribution in [0.15, 0.2) is 77.3 Å². The molecule has 3 aromatic carbocycles. The standard InChI is InChI=1S/C25H24BrNO5/c1-2-30-13-14-31-25(29)20-9-6-10-21(15-20)27-24(28)17-32-23-12-11-19(16-22(23)26)18-7-4-3-5-8-18/h3-12,15-16H,2,13-14,17H2,1H3,(H,27,28). The van der Waals surface area contributed by atoms with Crippen molar-refractivity contribution in [1.29, 1.82) is 0 Å². The summed E-state index contributed by atoms with van der Waals surface area (Å²) in [5.41, 5.74) is 2.96. The number of ether oxygens (including phenoxy) is 3. The predicted molar refractivity (Wildman–Crippen MR) is 127 cm³/mol. The number of carbonyl (C=O) groups is 2. The van der Waals surface area contributed by atoms with Crippen LogP contribution < -0.4 is 10.1 Å². The second-order valence-electron chi connectivity index (χ2n) is 6.76. The Hall–Kier alpha value is -3.16. The maximum atomic E-state index is 12.3. The fraction of sp³-hybridized carbons (Fsp3) is 0.200. The number of hydrogen-bond acceptors (Lipinski definition) is 5. The number of nitrogens with one attached hydrogen (secondary N) is 1. The van der Waals surface area contributed by atoms with Crippen LogP contribution in [0.3, 0.4) is 0 Å². The molecule has 7 heteroatoms. The fourth-order valence-electron chi connectivity index (χ4n) is 2.91. The van der Waals surface area contributed by atoms with Crippen molar-refractivity contribution in [3.05, 3.63) is 82.8 Å². The number of rotatable bonds is 10. The van der Waals surface area contributed by atoms with Crippen molar-refractivity contribution in [3.8, 4) is 16.9 Å². The molecule has 1 amide bonds. The van der Waals surface area contributed by atoms with Gasteiger partial charge >= 0.3 is 5.97 Å². The van der Waals surface area contributed by atoms with Gasteiger partial charge in [0.2, 0.25) is 0 Å². The molecule has 0 aromatic heterocycles. The lowest BCUT2D eigenvalue weighted by molar-refractivity contribution is -0.118. The van der Waals surface area contributed by atoms with Gasteiger partial charge in [-0.05, 0) is 64.3 Å². The molecule has 6 nitrogen and oxygen atoms in total. The van der Waals surface area contributed by atoms with E-state index in [1.807, 2.05) is 55.5 Å².